The Balaban J connectivity index is 1.45. The average molecular weight is 412 g/mol. The Kier molecular flexibility index (Phi) is 7.75. The normalized spacial score (nSPS) is 14.5. The van der Waals surface area contributed by atoms with Crippen LogP contribution in [0.4, 0.5) is 5.69 Å². The molecule has 1 heterocycles. The van der Waals surface area contributed by atoms with Crippen LogP contribution in [0.5, 0.6) is 5.75 Å². The summed E-state index contributed by atoms with van der Waals surface area (Å²) in [6, 6.07) is 15.5. The van der Waals surface area contributed by atoms with Crippen molar-refractivity contribution < 1.29 is 14.3 Å². The molecular weight excluding hydrogens is 386 g/mol. The largest absolute Gasteiger partial charge is 0.497 e. The number of anilines is 1. The van der Waals surface area contributed by atoms with E-state index in [1.165, 1.54) is 11.6 Å². The van der Waals surface area contributed by atoms with Crippen LogP contribution in [0.2, 0.25) is 0 Å². The van der Waals surface area contributed by atoms with Gasteiger partial charge in [0.15, 0.2) is 5.11 Å². The van der Waals surface area contributed by atoms with E-state index in [1.54, 1.807) is 13.2 Å². The van der Waals surface area contributed by atoms with E-state index >= 15 is 0 Å². The molecule has 0 radical (unpaired) electrons. The van der Waals surface area contributed by atoms with Gasteiger partial charge in [-0.05, 0) is 53.7 Å². The number of carbonyl (C=O) groups is 1. The van der Waals surface area contributed by atoms with Gasteiger partial charge in [-0.1, -0.05) is 24.3 Å². The molecule has 1 amide bonds. The zero-order chi connectivity index (χ0) is 20.5. The van der Waals surface area contributed by atoms with Crippen LogP contribution in [0.15, 0.2) is 54.6 Å². The third kappa shape index (κ3) is 6.98. The maximum atomic E-state index is 12.0. The fourth-order valence-corrected chi connectivity index (χ4v) is 3.13. The van der Waals surface area contributed by atoms with Gasteiger partial charge in [0.25, 0.3) is 0 Å². The van der Waals surface area contributed by atoms with Crippen molar-refractivity contribution in [3.63, 3.8) is 0 Å². The Bertz CT molecular complexity index is 845. The van der Waals surface area contributed by atoms with E-state index in [2.05, 4.69) is 27.7 Å². The van der Waals surface area contributed by atoms with Gasteiger partial charge in [-0.15, -0.1) is 0 Å². The topological polar surface area (TPSA) is 62.8 Å². The van der Waals surface area contributed by atoms with Crippen molar-refractivity contribution >= 4 is 35.0 Å². The third-order valence-corrected chi connectivity index (χ3v) is 4.71. The molecule has 0 atom stereocenters. The van der Waals surface area contributed by atoms with Crippen LogP contribution in [0.1, 0.15) is 11.1 Å². The summed E-state index contributed by atoms with van der Waals surface area (Å²) >= 11 is 5.22. The van der Waals surface area contributed by atoms with E-state index in [9.17, 15) is 4.79 Å². The van der Waals surface area contributed by atoms with E-state index in [0.29, 0.717) is 0 Å². The van der Waals surface area contributed by atoms with Gasteiger partial charge in [0.05, 0.1) is 20.3 Å². The monoisotopic (exact) mass is 411 g/mol. The molecule has 0 bridgehead atoms. The van der Waals surface area contributed by atoms with Gasteiger partial charge < -0.3 is 14.8 Å². The fraction of sp³-hybridized carbons (Fsp3) is 0.273. The van der Waals surface area contributed by atoms with Crippen LogP contribution in [0.25, 0.3) is 6.08 Å². The first-order valence-corrected chi connectivity index (χ1v) is 9.86. The zero-order valence-electron chi connectivity index (χ0n) is 16.4. The second-order valence-corrected chi connectivity index (χ2v) is 7.04. The SMILES string of the molecule is COc1ccc(/C=C/C(=O)NC(=S)Nc2ccc(CN3CCOCC3)cc2)cc1. The number of ether oxygens (including phenoxy) is 2. The van der Waals surface area contributed by atoms with Crippen LogP contribution >= 0.6 is 12.2 Å². The standard InChI is InChI=1S/C22H25N3O3S/c1-27-20-9-4-17(5-10-20)6-11-21(26)24-22(29)23-19-7-2-18(3-8-19)16-25-12-14-28-15-13-25/h2-11H,12-16H2,1H3,(H2,23,24,26,29)/b11-6+. The quantitative estimate of drug-likeness (QED) is 0.563. The van der Waals surface area contributed by atoms with Crippen LogP contribution in [0.3, 0.4) is 0 Å². The van der Waals surface area contributed by atoms with Crippen molar-refractivity contribution in [2.75, 3.05) is 38.7 Å². The number of nitrogens with one attached hydrogen (secondary N) is 2. The second kappa shape index (κ2) is 10.7. The molecule has 0 aliphatic carbocycles. The molecule has 2 N–H and O–H groups in total. The summed E-state index contributed by atoms with van der Waals surface area (Å²) in [5, 5.41) is 5.94. The lowest BCUT2D eigenvalue weighted by Gasteiger charge is -2.26. The summed E-state index contributed by atoms with van der Waals surface area (Å²) in [6.45, 7) is 4.41. The van der Waals surface area contributed by atoms with Crippen molar-refractivity contribution in [2.45, 2.75) is 6.54 Å². The summed E-state index contributed by atoms with van der Waals surface area (Å²) in [6.07, 6.45) is 3.17. The molecule has 2 aromatic rings. The number of nitrogens with zero attached hydrogens (tertiary/aromatic N) is 1. The predicted octanol–water partition coefficient (Wildman–Crippen LogP) is 3.05. The molecule has 1 aliphatic heterocycles. The minimum Gasteiger partial charge on any atom is -0.497 e. The first kappa shape index (κ1) is 21.0. The molecule has 0 saturated carbocycles. The molecule has 2 aromatic carbocycles. The molecule has 29 heavy (non-hydrogen) atoms. The molecule has 1 fully saturated rings. The Morgan fingerprint density at radius 3 is 2.48 bits per heavy atom. The number of amides is 1. The lowest BCUT2D eigenvalue weighted by molar-refractivity contribution is -0.115. The molecular formula is C22H25N3O3S. The highest BCUT2D eigenvalue weighted by Gasteiger charge is 2.10. The Morgan fingerprint density at radius 2 is 1.83 bits per heavy atom. The summed E-state index contributed by atoms with van der Waals surface area (Å²) in [5.41, 5.74) is 2.96. The van der Waals surface area contributed by atoms with Crippen molar-refractivity contribution in [1.29, 1.82) is 0 Å². The second-order valence-electron chi connectivity index (χ2n) is 6.64. The van der Waals surface area contributed by atoms with Crippen LogP contribution < -0.4 is 15.4 Å². The molecule has 6 nitrogen and oxygen atoms in total. The van der Waals surface area contributed by atoms with E-state index in [4.69, 9.17) is 21.7 Å². The number of rotatable bonds is 6. The molecule has 152 valence electrons. The lowest BCUT2D eigenvalue weighted by Crippen LogP contribution is -2.35. The summed E-state index contributed by atoms with van der Waals surface area (Å²) in [4.78, 5) is 14.4. The van der Waals surface area contributed by atoms with E-state index in [-0.39, 0.29) is 11.0 Å². The molecule has 0 aromatic heterocycles. The molecule has 0 unspecified atom stereocenters. The Labute approximate surface area is 176 Å². The number of hydrogen-bond donors (Lipinski definition) is 2. The predicted molar refractivity (Wildman–Crippen MR) is 119 cm³/mol. The molecule has 7 heteroatoms. The van der Waals surface area contributed by atoms with E-state index in [0.717, 1.165) is 49.8 Å². The van der Waals surface area contributed by atoms with Gasteiger partial charge in [-0.2, -0.15) is 0 Å². The smallest absolute Gasteiger partial charge is 0.250 e. The van der Waals surface area contributed by atoms with E-state index < -0.39 is 0 Å². The minimum absolute atomic E-state index is 0.260. The minimum atomic E-state index is -0.290. The third-order valence-electron chi connectivity index (χ3n) is 4.50. The van der Waals surface area contributed by atoms with Crippen LogP contribution in [-0.4, -0.2) is 49.3 Å². The molecule has 0 spiro atoms. The van der Waals surface area contributed by atoms with Crippen molar-refractivity contribution in [3.8, 4) is 5.75 Å². The first-order chi connectivity index (χ1) is 14.1. The Morgan fingerprint density at radius 1 is 1.14 bits per heavy atom. The van der Waals surface area contributed by atoms with Crippen LogP contribution in [0, 0.1) is 0 Å². The van der Waals surface area contributed by atoms with Gasteiger partial charge in [0.2, 0.25) is 5.91 Å². The van der Waals surface area contributed by atoms with Crippen molar-refractivity contribution in [2.24, 2.45) is 0 Å². The van der Waals surface area contributed by atoms with Gasteiger partial charge >= 0.3 is 0 Å². The van der Waals surface area contributed by atoms with Crippen molar-refractivity contribution in [3.05, 3.63) is 65.7 Å². The highest BCUT2D eigenvalue weighted by atomic mass is 32.1. The summed E-state index contributed by atoms with van der Waals surface area (Å²) in [7, 11) is 1.61. The van der Waals surface area contributed by atoms with Gasteiger partial charge in [0, 0.05) is 31.4 Å². The van der Waals surface area contributed by atoms with Crippen LogP contribution in [-0.2, 0) is 16.1 Å². The van der Waals surface area contributed by atoms with E-state index in [1.807, 2.05) is 36.4 Å². The maximum absolute atomic E-state index is 12.0. The highest BCUT2D eigenvalue weighted by Crippen LogP contribution is 2.13. The highest BCUT2D eigenvalue weighted by molar-refractivity contribution is 7.80. The number of carbonyl (C=O) groups excluding carboxylic acids is 1. The van der Waals surface area contributed by atoms with Gasteiger partial charge in [-0.25, -0.2) is 0 Å². The zero-order valence-corrected chi connectivity index (χ0v) is 17.2. The summed E-state index contributed by atoms with van der Waals surface area (Å²) in [5.74, 6) is 0.482. The number of methoxy groups -OCH3 is 1. The van der Waals surface area contributed by atoms with Gasteiger partial charge in [0.1, 0.15) is 5.75 Å². The number of benzene rings is 2. The first-order valence-electron chi connectivity index (χ1n) is 9.45. The molecule has 1 aliphatic rings. The number of thiocarbonyl (C=S) groups is 1. The molecule has 1 saturated heterocycles. The summed E-state index contributed by atoms with van der Waals surface area (Å²) < 4.78 is 10.5. The lowest BCUT2D eigenvalue weighted by atomic mass is 10.2. The fourth-order valence-electron chi connectivity index (χ4n) is 2.91. The average Bonchev–Trinajstić information content (AvgIpc) is 2.75. The van der Waals surface area contributed by atoms with Crippen molar-refractivity contribution in [1.82, 2.24) is 10.2 Å². The Hall–Kier alpha value is -2.74. The number of hydrogen-bond acceptors (Lipinski definition) is 5. The number of morpholine rings is 1. The maximum Gasteiger partial charge on any atom is 0.250 e. The molecule has 3 rings (SSSR count). The van der Waals surface area contributed by atoms with Gasteiger partial charge in [-0.3, -0.25) is 15.0 Å².